The summed E-state index contributed by atoms with van der Waals surface area (Å²) in [5, 5.41) is 58.3. The predicted molar refractivity (Wildman–Crippen MR) is 238 cm³/mol. The lowest BCUT2D eigenvalue weighted by Crippen LogP contribution is -2.64. The van der Waals surface area contributed by atoms with E-state index >= 15 is 0 Å². The summed E-state index contributed by atoms with van der Waals surface area (Å²) in [6.45, 7) is 5.38. The quantitative estimate of drug-likeness (QED) is 0.0217. The Morgan fingerprint density at radius 3 is 1.57 bits per heavy atom. The molecule has 67 heavy (non-hydrogen) atoms. The Balaban J connectivity index is 2.24. The zero-order valence-electron chi connectivity index (χ0n) is 39.3. The Bertz CT molecular complexity index is 1480. The van der Waals surface area contributed by atoms with E-state index in [-0.39, 0.29) is 126 Å². The first-order chi connectivity index (χ1) is 32.0. The molecule has 1 saturated heterocycles. The number of aliphatic hydroxyl groups is 4. The standard InChI is InChI=1S/C43H77N7O17/c1-29(52)11-8-14-38(59)50-32(27-63-23-15-36(57)46-19-9-17-44-34(55)12-4-6-21-65-39(60)25-48-30(2)53)28-64-24-16-37(58)47-20-10-18-45-35(56)13-5-7-22-66-43-40(49-31(3)54)42(62)41(61)33(26-51)67-43/h32-33,39-43,51,60-62H,4-28H2,1-3H3,(H,44,55)(H,45,56)(H,46,57)(H,47,58)(H,48,53)(H,49,54)(H,50,59). The van der Waals surface area contributed by atoms with Crippen LogP contribution in [0.3, 0.4) is 0 Å². The van der Waals surface area contributed by atoms with E-state index < -0.39 is 55.5 Å². The summed E-state index contributed by atoms with van der Waals surface area (Å²) in [5.74, 6) is -1.92. The number of aliphatic hydroxyl groups excluding tert-OH is 4. The maximum atomic E-state index is 12.5. The number of rotatable bonds is 39. The SMILES string of the molecule is CC(=O)CCCC(=O)NC(COCCC(=O)NCCCNC(=O)CCCCOC(O)CNC(C)=O)COCCC(=O)NCCCNC(=O)CCCCOC1OC(CO)C(O)C(O)C1NC(C)=O. The van der Waals surface area contributed by atoms with Gasteiger partial charge in [-0.05, 0) is 51.9 Å². The van der Waals surface area contributed by atoms with Gasteiger partial charge in [-0.25, -0.2) is 0 Å². The Morgan fingerprint density at radius 1 is 0.567 bits per heavy atom. The van der Waals surface area contributed by atoms with Crippen LogP contribution >= 0.6 is 0 Å². The van der Waals surface area contributed by atoms with Crippen LogP contribution in [0.1, 0.15) is 104 Å². The third-order valence-electron chi connectivity index (χ3n) is 9.84. The molecule has 0 aliphatic carbocycles. The number of carbonyl (C=O) groups excluding carboxylic acids is 8. The highest BCUT2D eigenvalue weighted by atomic mass is 16.7. The van der Waals surface area contributed by atoms with Crippen LogP contribution in [0.2, 0.25) is 0 Å². The van der Waals surface area contributed by atoms with Gasteiger partial charge in [0.05, 0.1) is 45.6 Å². The van der Waals surface area contributed by atoms with Crippen molar-refractivity contribution in [2.45, 2.75) is 147 Å². The zero-order valence-corrected chi connectivity index (χ0v) is 39.3. The lowest BCUT2D eigenvalue weighted by atomic mass is 9.97. The van der Waals surface area contributed by atoms with Gasteiger partial charge in [-0.2, -0.15) is 0 Å². The third-order valence-corrected chi connectivity index (χ3v) is 9.84. The molecule has 386 valence electrons. The summed E-state index contributed by atoms with van der Waals surface area (Å²) in [4.78, 5) is 95.1. The molecule has 0 saturated carbocycles. The van der Waals surface area contributed by atoms with Crippen molar-refractivity contribution < 1.29 is 82.5 Å². The van der Waals surface area contributed by atoms with E-state index in [1.165, 1.54) is 20.8 Å². The van der Waals surface area contributed by atoms with Gasteiger partial charge in [-0.1, -0.05) is 0 Å². The summed E-state index contributed by atoms with van der Waals surface area (Å²) in [5.41, 5.74) is 0. The van der Waals surface area contributed by atoms with E-state index in [1.54, 1.807) is 0 Å². The molecule has 1 aliphatic rings. The molecular formula is C43H77N7O17. The molecule has 0 spiro atoms. The molecule has 0 aromatic rings. The number of hydrogen-bond donors (Lipinski definition) is 11. The molecule has 0 aromatic carbocycles. The van der Waals surface area contributed by atoms with Gasteiger partial charge in [0.25, 0.3) is 0 Å². The monoisotopic (exact) mass is 964 g/mol. The van der Waals surface area contributed by atoms with Gasteiger partial charge < -0.3 is 86.1 Å². The first-order valence-electron chi connectivity index (χ1n) is 23.1. The first-order valence-corrected chi connectivity index (χ1v) is 23.1. The molecule has 0 bridgehead atoms. The fraction of sp³-hybridized carbons (Fsp3) is 0.814. The van der Waals surface area contributed by atoms with Crippen molar-refractivity contribution >= 4 is 47.1 Å². The van der Waals surface area contributed by atoms with Crippen molar-refractivity contribution in [3.05, 3.63) is 0 Å². The van der Waals surface area contributed by atoms with Crippen LogP contribution in [-0.2, 0) is 62.0 Å². The normalized spacial score (nSPS) is 18.8. The van der Waals surface area contributed by atoms with Crippen LogP contribution in [-0.4, -0.2) is 190 Å². The molecule has 11 N–H and O–H groups in total. The average molecular weight is 964 g/mol. The fourth-order valence-corrected chi connectivity index (χ4v) is 6.25. The summed E-state index contributed by atoms with van der Waals surface area (Å²) in [6.07, 6.45) is -1.73. The second-order valence-electron chi connectivity index (χ2n) is 16.1. The average Bonchev–Trinajstić information content (AvgIpc) is 3.27. The van der Waals surface area contributed by atoms with Crippen LogP contribution in [0, 0.1) is 0 Å². The number of ether oxygens (including phenoxy) is 5. The van der Waals surface area contributed by atoms with E-state index in [0.29, 0.717) is 71.1 Å². The lowest BCUT2D eigenvalue weighted by molar-refractivity contribution is -0.270. The zero-order chi connectivity index (χ0) is 49.8. The molecule has 24 nitrogen and oxygen atoms in total. The van der Waals surface area contributed by atoms with Crippen molar-refractivity contribution in [3.63, 3.8) is 0 Å². The van der Waals surface area contributed by atoms with Gasteiger partial charge in [0.1, 0.15) is 30.1 Å². The highest BCUT2D eigenvalue weighted by Gasteiger charge is 2.45. The molecule has 1 fully saturated rings. The molecule has 1 aliphatic heterocycles. The number of unbranched alkanes of at least 4 members (excludes halogenated alkanes) is 2. The summed E-state index contributed by atoms with van der Waals surface area (Å²) < 4.78 is 27.6. The predicted octanol–water partition coefficient (Wildman–Crippen LogP) is -2.94. The number of ketones is 1. The summed E-state index contributed by atoms with van der Waals surface area (Å²) in [7, 11) is 0. The Morgan fingerprint density at radius 2 is 1.07 bits per heavy atom. The summed E-state index contributed by atoms with van der Waals surface area (Å²) >= 11 is 0. The van der Waals surface area contributed by atoms with Gasteiger partial charge >= 0.3 is 0 Å². The molecule has 7 atom stereocenters. The van der Waals surface area contributed by atoms with Gasteiger partial charge in [0, 0.05) is 91.8 Å². The Hall–Kier alpha value is -4.40. The number of nitrogens with one attached hydrogen (secondary N) is 7. The van der Waals surface area contributed by atoms with Gasteiger partial charge in [0.15, 0.2) is 12.6 Å². The number of Topliss-reactive ketones (excluding diaryl/α,β-unsaturated/α-hetero) is 1. The highest BCUT2D eigenvalue weighted by Crippen LogP contribution is 2.22. The minimum Gasteiger partial charge on any atom is -0.394 e. The Labute approximate surface area is 392 Å². The van der Waals surface area contributed by atoms with Crippen molar-refractivity contribution in [2.24, 2.45) is 0 Å². The van der Waals surface area contributed by atoms with E-state index in [2.05, 4.69) is 37.2 Å². The maximum Gasteiger partial charge on any atom is 0.222 e. The third kappa shape index (κ3) is 32.1. The van der Waals surface area contributed by atoms with E-state index in [9.17, 15) is 58.8 Å². The largest absolute Gasteiger partial charge is 0.394 e. The second-order valence-corrected chi connectivity index (χ2v) is 16.1. The summed E-state index contributed by atoms with van der Waals surface area (Å²) in [6, 6.07) is -1.63. The van der Waals surface area contributed by atoms with E-state index in [4.69, 9.17) is 23.7 Å². The number of amides is 7. The van der Waals surface area contributed by atoms with Gasteiger partial charge in [-0.15, -0.1) is 0 Å². The van der Waals surface area contributed by atoms with Gasteiger partial charge in [-0.3, -0.25) is 33.6 Å². The Kier molecular flexibility index (Phi) is 34.0. The maximum absolute atomic E-state index is 12.5. The van der Waals surface area contributed by atoms with Crippen LogP contribution in [0.25, 0.3) is 0 Å². The highest BCUT2D eigenvalue weighted by molar-refractivity contribution is 5.79. The van der Waals surface area contributed by atoms with Crippen molar-refractivity contribution in [2.75, 3.05) is 79.0 Å². The van der Waals surface area contributed by atoms with Crippen molar-refractivity contribution in [3.8, 4) is 0 Å². The van der Waals surface area contributed by atoms with Crippen molar-refractivity contribution in [1.29, 1.82) is 0 Å². The number of carbonyl (C=O) groups is 8. The minimum absolute atomic E-state index is 0.00594. The topological polar surface area (TPSA) is 348 Å². The second kappa shape index (κ2) is 37.6. The van der Waals surface area contributed by atoms with E-state index in [0.717, 1.165) is 0 Å². The molecule has 1 rings (SSSR count). The number of hydrogen-bond acceptors (Lipinski definition) is 17. The van der Waals surface area contributed by atoms with Gasteiger partial charge in [0.2, 0.25) is 41.4 Å². The molecule has 1 heterocycles. The first kappa shape index (κ1) is 60.6. The van der Waals surface area contributed by atoms with Crippen LogP contribution < -0.4 is 37.2 Å². The molecule has 7 amide bonds. The van der Waals surface area contributed by atoms with Crippen LogP contribution in [0.4, 0.5) is 0 Å². The van der Waals surface area contributed by atoms with Crippen LogP contribution in [0.15, 0.2) is 0 Å². The minimum atomic E-state index is -1.41. The lowest BCUT2D eigenvalue weighted by Gasteiger charge is -2.42. The van der Waals surface area contributed by atoms with E-state index in [1.807, 2.05) is 0 Å². The molecule has 7 unspecified atom stereocenters. The molecular weight excluding hydrogens is 887 g/mol. The smallest absolute Gasteiger partial charge is 0.222 e. The molecule has 0 radical (unpaired) electrons. The fourth-order valence-electron chi connectivity index (χ4n) is 6.25. The molecule has 0 aromatic heterocycles. The van der Waals surface area contributed by atoms with Crippen LogP contribution in [0.5, 0.6) is 0 Å². The van der Waals surface area contributed by atoms with Crippen molar-refractivity contribution in [1.82, 2.24) is 37.2 Å². The molecule has 24 heteroatoms.